The molecule has 1 amide bonds. The van der Waals surface area contributed by atoms with E-state index in [1.54, 1.807) is 0 Å². The second kappa shape index (κ2) is 6.89. The summed E-state index contributed by atoms with van der Waals surface area (Å²) in [5, 5.41) is 11.8. The first-order valence-electron chi connectivity index (χ1n) is 6.57. The molecule has 5 nitrogen and oxygen atoms in total. The van der Waals surface area contributed by atoms with Crippen LogP contribution in [-0.4, -0.2) is 41.5 Å². The van der Waals surface area contributed by atoms with Crippen LogP contribution in [0.15, 0.2) is 21.1 Å². The number of benzene rings is 1. The highest BCUT2D eigenvalue weighted by atomic mass is 79.9. The minimum absolute atomic E-state index is 0.147. The molecule has 1 aliphatic rings. The van der Waals surface area contributed by atoms with Gasteiger partial charge in [0.2, 0.25) is 5.91 Å². The Morgan fingerprint density at radius 3 is 2.52 bits per heavy atom. The van der Waals surface area contributed by atoms with E-state index in [1.165, 1.54) is 0 Å². The molecule has 0 spiro atoms. The number of halogens is 2. The Labute approximate surface area is 140 Å². The van der Waals surface area contributed by atoms with Gasteiger partial charge in [-0.1, -0.05) is 0 Å². The SMILES string of the molecule is Cc1cc(Br)c(NC(=O)CN2CCC(C(=O)O)C2)c(Br)c1. The van der Waals surface area contributed by atoms with E-state index in [2.05, 4.69) is 37.2 Å². The molecule has 0 bridgehead atoms. The number of carboxylic acid groups (broad SMARTS) is 1. The van der Waals surface area contributed by atoms with E-state index in [0.717, 1.165) is 14.5 Å². The number of carbonyl (C=O) groups is 2. The molecule has 1 aromatic rings. The number of hydrogen-bond donors (Lipinski definition) is 2. The summed E-state index contributed by atoms with van der Waals surface area (Å²) in [6, 6.07) is 3.85. The summed E-state index contributed by atoms with van der Waals surface area (Å²) in [5.41, 5.74) is 1.77. The molecular weight excluding hydrogens is 404 g/mol. The topological polar surface area (TPSA) is 69.6 Å². The Kier molecular flexibility index (Phi) is 5.40. The fourth-order valence-corrected chi connectivity index (χ4v) is 3.99. The van der Waals surface area contributed by atoms with Gasteiger partial charge in [-0.05, 0) is 69.4 Å². The second-order valence-corrected chi connectivity index (χ2v) is 6.92. The van der Waals surface area contributed by atoms with Crippen LogP contribution in [0.2, 0.25) is 0 Å². The molecule has 1 heterocycles. The molecule has 2 rings (SSSR count). The van der Waals surface area contributed by atoms with Gasteiger partial charge in [0.05, 0.1) is 18.2 Å². The number of hydrogen-bond acceptors (Lipinski definition) is 3. The van der Waals surface area contributed by atoms with Crippen LogP contribution in [0, 0.1) is 12.8 Å². The van der Waals surface area contributed by atoms with E-state index in [-0.39, 0.29) is 18.4 Å². The molecule has 2 N–H and O–H groups in total. The van der Waals surface area contributed by atoms with Gasteiger partial charge in [0.15, 0.2) is 0 Å². The minimum atomic E-state index is -0.790. The van der Waals surface area contributed by atoms with E-state index in [9.17, 15) is 9.59 Å². The monoisotopic (exact) mass is 418 g/mol. The lowest BCUT2D eigenvalue weighted by atomic mass is 10.1. The van der Waals surface area contributed by atoms with Gasteiger partial charge in [0, 0.05) is 15.5 Å². The van der Waals surface area contributed by atoms with Crippen LogP contribution >= 0.6 is 31.9 Å². The first-order chi connectivity index (χ1) is 9.86. The summed E-state index contributed by atoms with van der Waals surface area (Å²) < 4.78 is 1.63. The first-order valence-corrected chi connectivity index (χ1v) is 8.16. The summed E-state index contributed by atoms with van der Waals surface area (Å²) in [6.07, 6.45) is 0.598. The smallest absolute Gasteiger partial charge is 0.307 e. The van der Waals surface area contributed by atoms with Crippen LogP contribution in [0.5, 0.6) is 0 Å². The maximum Gasteiger partial charge on any atom is 0.307 e. The number of nitrogens with zero attached hydrogens (tertiary/aromatic N) is 1. The molecule has 1 unspecified atom stereocenters. The van der Waals surface area contributed by atoms with Crippen LogP contribution in [0.25, 0.3) is 0 Å². The number of aliphatic carboxylic acids is 1. The molecule has 1 aliphatic heterocycles. The highest BCUT2D eigenvalue weighted by Crippen LogP contribution is 2.32. The maximum absolute atomic E-state index is 12.1. The molecule has 21 heavy (non-hydrogen) atoms. The highest BCUT2D eigenvalue weighted by Gasteiger charge is 2.29. The third-order valence-corrected chi connectivity index (χ3v) is 4.69. The highest BCUT2D eigenvalue weighted by molar-refractivity contribution is 9.11. The van der Waals surface area contributed by atoms with Crippen molar-refractivity contribution in [1.29, 1.82) is 0 Å². The van der Waals surface area contributed by atoms with Gasteiger partial charge in [-0.2, -0.15) is 0 Å². The molecule has 0 aromatic heterocycles. The first kappa shape index (κ1) is 16.5. The number of carbonyl (C=O) groups excluding carboxylic acids is 1. The molecule has 1 aromatic carbocycles. The Morgan fingerprint density at radius 1 is 1.38 bits per heavy atom. The average Bonchev–Trinajstić information content (AvgIpc) is 2.82. The van der Waals surface area contributed by atoms with Gasteiger partial charge in [-0.25, -0.2) is 0 Å². The van der Waals surface area contributed by atoms with Gasteiger partial charge >= 0.3 is 5.97 Å². The lowest BCUT2D eigenvalue weighted by Gasteiger charge is -2.16. The third-order valence-electron chi connectivity index (χ3n) is 3.44. The number of rotatable bonds is 4. The summed E-state index contributed by atoms with van der Waals surface area (Å²) in [4.78, 5) is 24.9. The molecule has 0 aliphatic carbocycles. The summed E-state index contributed by atoms with van der Waals surface area (Å²) in [5.74, 6) is -1.30. The zero-order valence-electron chi connectivity index (χ0n) is 11.5. The summed E-state index contributed by atoms with van der Waals surface area (Å²) >= 11 is 6.86. The molecule has 7 heteroatoms. The number of likely N-dealkylation sites (tertiary alicyclic amines) is 1. The van der Waals surface area contributed by atoms with Gasteiger partial charge in [-0.3, -0.25) is 14.5 Å². The van der Waals surface area contributed by atoms with Gasteiger partial charge in [0.25, 0.3) is 0 Å². The Bertz CT molecular complexity index is 554. The van der Waals surface area contributed by atoms with E-state index >= 15 is 0 Å². The van der Waals surface area contributed by atoms with Gasteiger partial charge < -0.3 is 10.4 Å². The molecule has 114 valence electrons. The Morgan fingerprint density at radius 2 is 2.00 bits per heavy atom. The lowest BCUT2D eigenvalue weighted by Crippen LogP contribution is -2.32. The van der Waals surface area contributed by atoms with Crippen molar-refractivity contribution in [2.45, 2.75) is 13.3 Å². The quantitative estimate of drug-likeness (QED) is 0.787. The predicted octanol–water partition coefficient (Wildman–Crippen LogP) is 2.87. The third kappa shape index (κ3) is 4.28. The van der Waals surface area contributed by atoms with E-state index < -0.39 is 5.97 Å². The van der Waals surface area contributed by atoms with Crippen LogP contribution in [0.3, 0.4) is 0 Å². The van der Waals surface area contributed by atoms with Crippen molar-refractivity contribution in [3.05, 3.63) is 26.6 Å². The van der Waals surface area contributed by atoms with E-state index in [4.69, 9.17) is 5.11 Å². The number of nitrogens with one attached hydrogen (secondary N) is 1. The van der Waals surface area contributed by atoms with Crippen LogP contribution in [0.4, 0.5) is 5.69 Å². The Hall–Kier alpha value is -0.920. The standard InChI is InChI=1S/C14H16Br2N2O3/c1-8-4-10(15)13(11(16)5-8)17-12(19)7-18-3-2-9(6-18)14(20)21/h4-5,9H,2-3,6-7H2,1H3,(H,17,19)(H,20,21). The fourth-order valence-electron chi connectivity index (χ4n) is 2.38. The average molecular weight is 420 g/mol. The second-order valence-electron chi connectivity index (χ2n) is 5.21. The van der Waals surface area contributed by atoms with Crippen molar-refractivity contribution < 1.29 is 14.7 Å². The minimum Gasteiger partial charge on any atom is -0.481 e. The summed E-state index contributed by atoms with van der Waals surface area (Å²) in [6.45, 7) is 3.24. The summed E-state index contributed by atoms with van der Waals surface area (Å²) in [7, 11) is 0. The molecule has 0 radical (unpaired) electrons. The normalized spacial score (nSPS) is 18.7. The fraction of sp³-hybridized carbons (Fsp3) is 0.429. The van der Waals surface area contributed by atoms with Crippen molar-refractivity contribution in [2.24, 2.45) is 5.92 Å². The number of amides is 1. The zero-order chi connectivity index (χ0) is 15.6. The number of aryl methyl sites for hydroxylation is 1. The van der Waals surface area contributed by atoms with Crippen LogP contribution in [0.1, 0.15) is 12.0 Å². The molecule has 0 saturated carbocycles. The van der Waals surface area contributed by atoms with Gasteiger partial charge in [-0.15, -0.1) is 0 Å². The number of carboxylic acids is 1. The lowest BCUT2D eigenvalue weighted by molar-refractivity contribution is -0.141. The molecule has 1 atom stereocenters. The molecule has 1 saturated heterocycles. The maximum atomic E-state index is 12.1. The number of anilines is 1. The van der Waals surface area contributed by atoms with Crippen molar-refractivity contribution >= 4 is 49.4 Å². The van der Waals surface area contributed by atoms with Crippen molar-refractivity contribution in [3.63, 3.8) is 0 Å². The van der Waals surface area contributed by atoms with Crippen LogP contribution in [-0.2, 0) is 9.59 Å². The van der Waals surface area contributed by atoms with Crippen LogP contribution < -0.4 is 5.32 Å². The predicted molar refractivity (Wildman–Crippen MR) is 87.4 cm³/mol. The zero-order valence-corrected chi connectivity index (χ0v) is 14.7. The Balaban J connectivity index is 1.96. The van der Waals surface area contributed by atoms with E-state index in [0.29, 0.717) is 25.2 Å². The molecular formula is C14H16Br2N2O3. The van der Waals surface area contributed by atoms with Gasteiger partial charge in [0.1, 0.15) is 0 Å². The van der Waals surface area contributed by atoms with Crippen molar-refractivity contribution in [1.82, 2.24) is 4.90 Å². The largest absolute Gasteiger partial charge is 0.481 e. The molecule has 1 fully saturated rings. The van der Waals surface area contributed by atoms with Crippen molar-refractivity contribution in [3.8, 4) is 0 Å². The van der Waals surface area contributed by atoms with E-state index in [1.807, 2.05) is 24.0 Å². The van der Waals surface area contributed by atoms with Crippen molar-refractivity contribution in [2.75, 3.05) is 25.0 Å².